The second kappa shape index (κ2) is 5.23. The lowest BCUT2D eigenvalue weighted by atomic mass is 9.99. The maximum absolute atomic E-state index is 10.6. The van der Waals surface area contributed by atoms with Crippen LogP contribution in [-0.4, -0.2) is 12.5 Å². The van der Waals surface area contributed by atoms with Crippen molar-refractivity contribution in [3.05, 3.63) is 0 Å². The highest BCUT2D eigenvalue weighted by Crippen LogP contribution is 2.08. The molecule has 1 unspecified atom stereocenters. The number of amides is 1. The zero-order valence-corrected chi connectivity index (χ0v) is 6.47. The number of carbonyl (C=O) groups is 1. The van der Waals surface area contributed by atoms with Gasteiger partial charge in [0.1, 0.15) is 0 Å². The number of hydrogen-bond acceptors (Lipinski definition) is 2. The molecule has 0 aromatic carbocycles. The molecular formula is C7H16N2O. The largest absolute Gasteiger partial charge is 0.369 e. The van der Waals surface area contributed by atoms with E-state index >= 15 is 0 Å². The van der Waals surface area contributed by atoms with E-state index in [9.17, 15) is 4.79 Å². The smallest absolute Gasteiger partial charge is 0.220 e. The molecule has 0 aliphatic carbocycles. The Morgan fingerprint density at radius 1 is 1.50 bits per heavy atom. The predicted octanol–water partition coefficient (Wildman–Crippen LogP) is 0.237. The SMILES string of the molecule is CCCC(CCN)C(N)=O. The molecule has 3 heteroatoms. The van der Waals surface area contributed by atoms with Crippen LogP contribution in [0.15, 0.2) is 0 Å². The van der Waals surface area contributed by atoms with Crippen LogP contribution >= 0.6 is 0 Å². The summed E-state index contributed by atoms with van der Waals surface area (Å²) >= 11 is 0. The minimum atomic E-state index is -0.215. The van der Waals surface area contributed by atoms with Gasteiger partial charge in [-0.05, 0) is 19.4 Å². The third kappa shape index (κ3) is 3.45. The first kappa shape index (κ1) is 9.43. The Labute approximate surface area is 61.8 Å². The fraction of sp³-hybridized carbons (Fsp3) is 0.857. The van der Waals surface area contributed by atoms with Gasteiger partial charge in [-0.2, -0.15) is 0 Å². The van der Waals surface area contributed by atoms with Crippen LogP contribution in [0.1, 0.15) is 26.2 Å². The summed E-state index contributed by atoms with van der Waals surface area (Å²) in [6, 6.07) is 0. The number of hydrogen-bond donors (Lipinski definition) is 2. The van der Waals surface area contributed by atoms with E-state index in [0.717, 1.165) is 19.3 Å². The normalized spacial score (nSPS) is 13.0. The topological polar surface area (TPSA) is 69.1 Å². The van der Waals surface area contributed by atoms with Gasteiger partial charge < -0.3 is 11.5 Å². The average Bonchev–Trinajstić information content (AvgIpc) is 1.87. The van der Waals surface area contributed by atoms with Crippen LogP contribution in [0.3, 0.4) is 0 Å². The van der Waals surface area contributed by atoms with Gasteiger partial charge in [0.05, 0.1) is 0 Å². The van der Waals surface area contributed by atoms with Gasteiger partial charge in [-0.15, -0.1) is 0 Å². The van der Waals surface area contributed by atoms with Crippen molar-refractivity contribution in [2.24, 2.45) is 17.4 Å². The lowest BCUT2D eigenvalue weighted by Crippen LogP contribution is -2.25. The van der Waals surface area contributed by atoms with E-state index in [2.05, 4.69) is 0 Å². The quantitative estimate of drug-likeness (QED) is 0.580. The first-order valence-electron chi connectivity index (χ1n) is 3.71. The van der Waals surface area contributed by atoms with E-state index in [0.29, 0.717) is 6.54 Å². The van der Waals surface area contributed by atoms with E-state index < -0.39 is 0 Å². The first-order chi connectivity index (χ1) is 4.72. The highest BCUT2D eigenvalue weighted by molar-refractivity contribution is 5.76. The summed E-state index contributed by atoms with van der Waals surface area (Å²) in [7, 11) is 0. The Bertz CT molecular complexity index is 97.8. The van der Waals surface area contributed by atoms with Crippen molar-refractivity contribution in [3.63, 3.8) is 0 Å². The van der Waals surface area contributed by atoms with Crippen LogP contribution in [0.25, 0.3) is 0 Å². The average molecular weight is 144 g/mol. The zero-order valence-electron chi connectivity index (χ0n) is 6.47. The van der Waals surface area contributed by atoms with Gasteiger partial charge >= 0.3 is 0 Å². The third-order valence-corrected chi connectivity index (χ3v) is 1.55. The van der Waals surface area contributed by atoms with E-state index in [1.807, 2.05) is 6.92 Å². The van der Waals surface area contributed by atoms with Crippen molar-refractivity contribution in [3.8, 4) is 0 Å². The van der Waals surface area contributed by atoms with Gasteiger partial charge in [-0.3, -0.25) is 4.79 Å². The van der Waals surface area contributed by atoms with Crippen molar-refractivity contribution in [1.29, 1.82) is 0 Å². The van der Waals surface area contributed by atoms with E-state index in [1.54, 1.807) is 0 Å². The summed E-state index contributed by atoms with van der Waals surface area (Å²) in [5.74, 6) is -0.220. The maximum Gasteiger partial charge on any atom is 0.220 e. The summed E-state index contributed by atoms with van der Waals surface area (Å²) < 4.78 is 0. The summed E-state index contributed by atoms with van der Waals surface area (Å²) in [6.07, 6.45) is 2.59. The molecule has 0 bridgehead atoms. The molecule has 0 aromatic heterocycles. The van der Waals surface area contributed by atoms with Crippen molar-refractivity contribution < 1.29 is 4.79 Å². The molecule has 0 aliphatic rings. The van der Waals surface area contributed by atoms with Crippen molar-refractivity contribution in [2.45, 2.75) is 26.2 Å². The standard InChI is InChI=1S/C7H16N2O/c1-2-3-6(4-5-8)7(9)10/h6H,2-5,8H2,1H3,(H2,9,10). The molecule has 1 atom stereocenters. The number of carbonyl (C=O) groups excluding carboxylic acids is 1. The maximum atomic E-state index is 10.6. The molecule has 1 amide bonds. The molecule has 0 rings (SSSR count). The molecule has 60 valence electrons. The summed E-state index contributed by atoms with van der Waals surface area (Å²) in [5, 5.41) is 0. The molecule has 0 heterocycles. The molecule has 3 nitrogen and oxygen atoms in total. The van der Waals surface area contributed by atoms with Crippen LogP contribution in [0.5, 0.6) is 0 Å². The van der Waals surface area contributed by atoms with Crippen LogP contribution in [-0.2, 0) is 4.79 Å². The molecule has 10 heavy (non-hydrogen) atoms. The third-order valence-electron chi connectivity index (χ3n) is 1.55. The lowest BCUT2D eigenvalue weighted by molar-refractivity contribution is -0.122. The van der Waals surface area contributed by atoms with Crippen molar-refractivity contribution in [1.82, 2.24) is 0 Å². The fourth-order valence-electron chi connectivity index (χ4n) is 0.979. The molecular weight excluding hydrogens is 128 g/mol. The second-order valence-corrected chi connectivity index (χ2v) is 2.47. The second-order valence-electron chi connectivity index (χ2n) is 2.47. The zero-order chi connectivity index (χ0) is 7.98. The van der Waals surface area contributed by atoms with Crippen LogP contribution in [0.4, 0.5) is 0 Å². The minimum absolute atomic E-state index is 0.00463. The Balaban J connectivity index is 3.61. The Hall–Kier alpha value is -0.570. The monoisotopic (exact) mass is 144 g/mol. The number of primary amides is 1. The molecule has 0 fully saturated rings. The molecule has 4 N–H and O–H groups in total. The van der Waals surface area contributed by atoms with Crippen LogP contribution in [0, 0.1) is 5.92 Å². The molecule has 0 radical (unpaired) electrons. The highest BCUT2D eigenvalue weighted by atomic mass is 16.1. The summed E-state index contributed by atoms with van der Waals surface area (Å²) in [6.45, 7) is 2.58. The predicted molar refractivity (Wildman–Crippen MR) is 41.3 cm³/mol. The molecule has 0 aromatic rings. The Morgan fingerprint density at radius 3 is 2.40 bits per heavy atom. The van der Waals surface area contributed by atoms with Gasteiger partial charge in [0.25, 0.3) is 0 Å². The van der Waals surface area contributed by atoms with Crippen LogP contribution < -0.4 is 11.5 Å². The highest BCUT2D eigenvalue weighted by Gasteiger charge is 2.11. The number of rotatable bonds is 5. The number of nitrogens with two attached hydrogens (primary N) is 2. The molecule has 0 spiro atoms. The van der Waals surface area contributed by atoms with Gasteiger partial charge in [0.2, 0.25) is 5.91 Å². The van der Waals surface area contributed by atoms with E-state index in [1.165, 1.54) is 0 Å². The van der Waals surface area contributed by atoms with Gasteiger partial charge in [0.15, 0.2) is 0 Å². The van der Waals surface area contributed by atoms with Crippen molar-refractivity contribution in [2.75, 3.05) is 6.54 Å². The molecule has 0 saturated heterocycles. The Morgan fingerprint density at radius 2 is 2.10 bits per heavy atom. The fourth-order valence-corrected chi connectivity index (χ4v) is 0.979. The minimum Gasteiger partial charge on any atom is -0.369 e. The summed E-state index contributed by atoms with van der Waals surface area (Å²) in [4.78, 5) is 10.6. The van der Waals surface area contributed by atoms with Gasteiger partial charge in [-0.25, -0.2) is 0 Å². The molecule has 0 saturated carbocycles. The van der Waals surface area contributed by atoms with E-state index in [4.69, 9.17) is 11.5 Å². The lowest BCUT2D eigenvalue weighted by Gasteiger charge is -2.09. The summed E-state index contributed by atoms with van der Waals surface area (Å²) in [5.41, 5.74) is 10.4. The molecule has 0 aliphatic heterocycles. The van der Waals surface area contributed by atoms with E-state index in [-0.39, 0.29) is 11.8 Å². The van der Waals surface area contributed by atoms with Gasteiger partial charge in [-0.1, -0.05) is 13.3 Å². The van der Waals surface area contributed by atoms with Crippen LogP contribution in [0.2, 0.25) is 0 Å². The first-order valence-corrected chi connectivity index (χ1v) is 3.71. The van der Waals surface area contributed by atoms with Gasteiger partial charge in [0, 0.05) is 5.92 Å². The van der Waals surface area contributed by atoms with Crippen molar-refractivity contribution >= 4 is 5.91 Å². The Kier molecular flexibility index (Phi) is 4.94.